The van der Waals surface area contributed by atoms with Crippen LogP contribution < -0.4 is 42.8 Å². The molecule has 0 bridgehead atoms. The molecule has 1 aliphatic rings. The minimum absolute atomic E-state index is 0.110. The fourth-order valence-corrected chi connectivity index (χ4v) is 5.73. The Hall–Kier alpha value is -6.41. The van der Waals surface area contributed by atoms with E-state index >= 15 is 0 Å². The van der Waals surface area contributed by atoms with Gasteiger partial charge in [0.2, 0.25) is 17.7 Å². The van der Waals surface area contributed by atoms with Gasteiger partial charge in [0.25, 0.3) is 0 Å². The van der Waals surface area contributed by atoms with Crippen molar-refractivity contribution >= 4 is 35.7 Å². The number of alkyl halides is 3. The summed E-state index contributed by atoms with van der Waals surface area (Å²) in [5.74, 6) is -2.92. The molecule has 0 spiro atoms. The number of nitrogens with one attached hydrogen (secondary N) is 5. The number of carboxylic acid groups (broad SMARTS) is 1. The molecule has 0 unspecified atom stereocenters. The highest BCUT2D eigenvalue weighted by atomic mass is 19.4. The van der Waals surface area contributed by atoms with Crippen LogP contribution in [0.3, 0.4) is 0 Å². The number of carbonyl (C=O) groups excluding carboxylic acids is 4. The lowest BCUT2D eigenvalue weighted by atomic mass is 10.0. The molecule has 2 atom stereocenters. The lowest BCUT2D eigenvalue weighted by molar-refractivity contribution is -0.192. The Morgan fingerprint density at radius 3 is 2.08 bits per heavy atom. The van der Waals surface area contributed by atoms with Crippen molar-refractivity contribution in [3.8, 4) is 11.5 Å². The van der Waals surface area contributed by atoms with E-state index < -0.39 is 30.3 Å². The van der Waals surface area contributed by atoms with Gasteiger partial charge < -0.3 is 47.7 Å². The number of carbonyl (C=O) groups is 5. The molecule has 17 nitrogen and oxygen atoms in total. The van der Waals surface area contributed by atoms with Crippen molar-refractivity contribution in [2.45, 2.75) is 70.5 Å². The zero-order valence-electron chi connectivity index (χ0n) is 33.1. The topological polar surface area (TPSA) is 263 Å². The summed E-state index contributed by atoms with van der Waals surface area (Å²) in [5.41, 5.74) is 15.3. The molecule has 0 saturated heterocycles. The number of aliphatic imine (C=N–C) groups is 1. The molecule has 3 aromatic carbocycles. The molecule has 11 N–H and O–H groups in total. The Morgan fingerprint density at radius 2 is 1.50 bits per heavy atom. The van der Waals surface area contributed by atoms with Gasteiger partial charge in [0.1, 0.15) is 23.6 Å². The molecule has 60 heavy (non-hydrogen) atoms. The first-order chi connectivity index (χ1) is 28.6. The molecule has 326 valence electrons. The fraction of sp³-hybridized carbons (Fsp3) is 0.400. The number of ether oxygens (including phenoxy) is 1. The predicted molar refractivity (Wildman–Crippen MR) is 215 cm³/mol. The van der Waals surface area contributed by atoms with Crippen LogP contribution in [0.5, 0.6) is 11.5 Å². The van der Waals surface area contributed by atoms with Crippen molar-refractivity contribution in [2.75, 3.05) is 32.8 Å². The molecule has 1 aliphatic heterocycles. The number of hydrogen-bond donors (Lipinski definition) is 9. The molecular formula is C40H52F3N9O8. The molecule has 0 aromatic heterocycles. The van der Waals surface area contributed by atoms with Crippen LogP contribution in [0.15, 0.2) is 77.8 Å². The summed E-state index contributed by atoms with van der Waals surface area (Å²) in [7, 11) is 0. The number of carboxylic acids is 1. The quantitative estimate of drug-likeness (QED) is 0.0481. The van der Waals surface area contributed by atoms with Gasteiger partial charge in [-0.25, -0.2) is 9.59 Å². The van der Waals surface area contributed by atoms with E-state index in [2.05, 4.69) is 48.6 Å². The highest BCUT2D eigenvalue weighted by molar-refractivity contribution is 5.95. The number of amides is 5. The lowest BCUT2D eigenvalue weighted by Crippen LogP contribution is -2.50. The van der Waals surface area contributed by atoms with E-state index in [1.54, 1.807) is 19.1 Å². The first-order valence-corrected chi connectivity index (χ1v) is 19.1. The van der Waals surface area contributed by atoms with Crippen LogP contribution in [0, 0.1) is 0 Å². The van der Waals surface area contributed by atoms with Crippen LogP contribution in [-0.2, 0) is 38.8 Å². The second-order valence-electron chi connectivity index (χ2n) is 13.4. The second-order valence-corrected chi connectivity index (χ2v) is 13.4. The summed E-state index contributed by atoms with van der Waals surface area (Å²) in [6.07, 6.45) is -3.42. The normalized spacial score (nSPS) is 13.4. The van der Waals surface area contributed by atoms with Gasteiger partial charge in [-0.3, -0.25) is 29.6 Å². The lowest BCUT2D eigenvalue weighted by Gasteiger charge is -2.29. The zero-order chi connectivity index (χ0) is 44.1. The number of rotatable bonds is 19. The Labute approximate surface area is 345 Å². The standard InChI is InChI=1S/C38H51N9O6.C2HF3O2/c1-2-33(49)41-20-21-43-38(52)46-37(40)42-19-5-9-32(35(50)44-23-26-10-14-30(48)15-11-26)45-36(51)34(47-24-28-7-3-4-8-29(28)25-47)27-12-16-31(17-13-27)53-22-6-18-39;3-2(4,5)1(6)7/h3-4,7-8,10-17,32,34,48H,2,5-6,9,18-25,39H2,1H3,(H,41,49)(H,44,50)(H,45,51)(H4,40,42,43,46,52);(H,6,7)/t32-,34+;/m1./s1. The van der Waals surface area contributed by atoms with Gasteiger partial charge in [-0.05, 0) is 72.3 Å². The van der Waals surface area contributed by atoms with E-state index in [-0.39, 0.29) is 62.0 Å². The van der Waals surface area contributed by atoms with Crippen molar-refractivity contribution in [1.29, 1.82) is 0 Å². The SMILES string of the molecule is CCC(=O)NCCNC(=O)NC(N)=NCCC[C@@H](NC(=O)[C@H](c1ccc(OCCCN)cc1)N1Cc2ccccc2C1)C(=O)NCc1ccc(O)cc1.O=C(O)C(F)(F)F. The highest BCUT2D eigenvalue weighted by Crippen LogP contribution is 2.32. The predicted octanol–water partition coefficient (Wildman–Crippen LogP) is 2.53. The number of benzene rings is 3. The number of hydrogen-bond acceptors (Lipinski definition) is 10. The summed E-state index contributed by atoms with van der Waals surface area (Å²) in [6.45, 7) is 4.71. The molecule has 4 rings (SSSR count). The van der Waals surface area contributed by atoms with Crippen molar-refractivity contribution in [3.63, 3.8) is 0 Å². The fourth-order valence-electron chi connectivity index (χ4n) is 5.73. The minimum Gasteiger partial charge on any atom is -0.508 e. The van der Waals surface area contributed by atoms with Gasteiger partial charge in [0, 0.05) is 45.7 Å². The van der Waals surface area contributed by atoms with E-state index in [1.807, 2.05) is 36.4 Å². The van der Waals surface area contributed by atoms with E-state index in [4.69, 9.17) is 26.1 Å². The monoisotopic (exact) mass is 843 g/mol. The Kier molecular flexibility index (Phi) is 19.6. The number of nitrogens with zero attached hydrogens (tertiary/aromatic N) is 2. The molecule has 1 heterocycles. The van der Waals surface area contributed by atoms with E-state index in [0.29, 0.717) is 44.8 Å². The van der Waals surface area contributed by atoms with Crippen molar-refractivity contribution < 1.29 is 52.1 Å². The summed E-state index contributed by atoms with van der Waals surface area (Å²) >= 11 is 0. The highest BCUT2D eigenvalue weighted by Gasteiger charge is 2.38. The van der Waals surface area contributed by atoms with E-state index in [0.717, 1.165) is 28.7 Å². The molecule has 0 aliphatic carbocycles. The van der Waals surface area contributed by atoms with Gasteiger partial charge in [0.15, 0.2) is 5.96 Å². The summed E-state index contributed by atoms with van der Waals surface area (Å²) < 4.78 is 37.5. The first-order valence-electron chi connectivity index (χ1n) is 19.1. The number of phenols is 1. The van der Waals surface area contributed by atoms with Gasteiger partial charge in [0.05, 0.1) is 6.61 Å². The van der Waals surface area contributed by atoms with Crippen molar-refractivity contribution in [3.05, 3.63) is 95.1 Å². The molecule has 0 saturated carbocycles. The van der Waals surface area contributed by atoms with Crippen molar-refractivity contribution in [1.82, 2.24) is 31.5 Å². The van der Waals surface area contributed by atoms with Gasteiger partial charge in [-0.15, -0.1) is 0 Å². The van der Waals surface area contributed by atoms with Crippen LogP contribution in [0.2, 0.25) is 0 Å². The van der Waals surface area contributed by atoms with Gasteiger partial charge in [-0.1, -0.05) is 55.5 Å². The number of fused-ring (bicyclic) bond motifs is 1. The maximum atomic E-state index is 14.3. The van der Waals surface area contributed by atoms with Gasteiger partial charge in [-0.2, -0.15) is 13.2 Å². The number of nitrogens with two attached hydrogens (primary N) is 2. The molecule has 3 aromatic rings. The number of phenolic OH excluding ortho intramolecular Hbond substituents is 1. The third-order valence-electron chi connectivity index (χ3n) is 8.80. The Morgan fingerprint density at radius 1 is 0.883 bits per heavy atom. The number of aliphatic carboxylic acids is 1. The third-order valence-corrected chi connectivity index (χ3v) is 8.80. The Bertz CT molecular complexity index is 1870. The van der Waals surface area contributed by atoms with Crippen LogP contribution in [0.1, 0.15) is 60.9 Å². The third kappa shape index (κ3) is 16.8. The summed E-state index contributed by atoms with van der Waals surface area (Å²) in [5, 5.41) is 30.4. The van der Waals surface area contributed by atoms with Crippen molar-refractivity contribution in [2.24, 2.45) is 16.5 Å². The molecule has 0 fully saturated rings. The van der Waals surface area contributed by atoms with Crippen LogP contribution >= 0.6 is 0 Å². The second kappa shape index (κ2) is 24.5. The van der Waals surface area contributed by atoms with Gasteiger partial charge >= 0.3 is 18.2 Å². The number of urea groups is 1. The Balaban J connectivity index is 0.00000126. The summed E-state index contributed by atoms with van der Waals surface area (Å²) in [4.78, 5) is 66.6. The molecule has 20 heteroatoms. The average molecular weight is 844 g/mol. The average Bonchev–Trinajstić information content (AvgIpc) is 3.64. The number of halogens is 3. The first kappa shape index (κ1) is 48.0. The maximum absolute atomic E-state index is 14.3. The number of guanidine groups is 1. The van der Waals surface area contributed by atoms with Crippen LogP contribution in [0.4, 0.5) is 18.0 Å². The molecule has 5 amide bonds. The number of aromatic hydroxyl groups is 1. The maximum Gasteiger partial charge on any atom is 0.490 e. The molecular weight excluding hydrogens is 791 g/mol. The van der Waals surface area contributed by atoms with E-state index in [9.17, 15) is 37.5 Å². The minimum atomic E-state index is -5.08. The van der Waals surface area contributed by atoms with E-state index in [1.165, 1.54) is 12.1 Å². The zero-order valence-corrected chi connectivity index (χ0v) is 33.1. The summed E-state index contributed by atoms with van der Waals surface area (Å²) in [6, 6.07) is 19.7. The smallest absolute Gasteiger partial charge is 0.490 e. The van der Waals surface area contributed by atoms with Crippen LogP contribution in [0.25, 0.3) is 0 Å². The molecule has 0 radical (unpaired) electrons. The van der Waals surface area contributed by atoms with Crippen LogP contribution in [-0.4, -0.2) is 95.8 Å². The largest absolute Gasteiger partial charge is 0.508 e.